The summed E-state index contributed by atoms with van der Waals surface area (Å²) in [5.74, 6) is 0.813. The van der Waals surface area contributed by atoms with Gasteiger partial charge in [0.1, 0.15) is 18.0 Å². The van der Waals surface area contributed by atoms with Crippen molar-refractivity contribution in [3.05, 3.63) is 102 Å². The summed E-state index contributed by atoms with van der Waals surface area (Å²) >= 11 is 0. The Morgan fingerprint density at radius 1 is 0.760 bits per heavy atom. The van der Waals surface area contributed by atoms with Crippen molar-refractivity contribution in [3.63, 3.8) is 0 Å². The summed E-state index contributed by atoms with van der Waals surface area (Å²) in [6.07, 6.45) is -1.17. The molecule has 0 bridgehead atoms. The van der Waals surface area contributed by atoms with Crippen LogP contribution < -0.4 is 4.74 Å². The van der Waals surface area contributed by atoms with E-state index in [2.05, 4.69) is 0 Å². The maximum Gasteiger partial charge on any atom is 0.118 e. The average Bonchev–Trinajstić information content (AvgIpc) is 2.70. The first kappa shape index (κ1) is 17.2. The number of methoxy groups -OCH3 is 1. The van der Waals surface area contributed by atoms with E-state index in [1.54, 1.807) is 7.11 Å². The molecule has 3 heteroatoms. The van der Waals surface area contributed by atoms with Crippen molar-refractivity contribution in [1.29, 1.82) is 0 Å². The molecule has 0 heterocycles. The van der Waals surface area contributed by atoms with Gasteiger partial charge in [0.2, 0.25) is 0 Å². The van der Waals surface area contributed by atoms with E-state index in [1.165, 1.54) is 0 Å². The SMILES string of the molecule is COc1ccc(CO[C@H](c2ccccc2)[C@H](O)c2ccccc2)cc1. The lowest BCUT2D eigenvalue weighted by molar-refractivity contribution is -0.0498. The van der Waals surface area contributed by atoms with E-state index in [9.17, 15) is 5.11 Å². The van der Waals surface area contributed by atoms with Gasteiger partial charge in [-0.2, -0.15) is 0 Å². The highest BCUT2D eigenvalue weighted by Gasteiger charge is 2.23. The molecule has 1 N–H and O–H groups in total. The van der Waals surface area contributed by atoms with Crippen LogP contribution >= 0.6 is 0 Å². The minimum absolute atomic E-state index is 0.410. The van der Waals surface area contributed by atoms with Crippen LogP contribution in [0.4, 0.5) is 0 Å². The van der Waals surface area contributed by atoms with Crippen molar-refractivity contribution in [2.45, 2.75) is 18.8 Å². The molecule has 3 aromatic rings. The van der Waals surface area contributed by atoms with Gasteiger partial charge in [-0.15, -0.1) is 0 Å². The van der Waals surface area contributed by atoms with Crippen molar-refractivity contribution < 1.29 is 14.6 Å². The highest BCUT2D eigenvalue weighted by molar-refractivity contribution is 5.28. The second-order valence-corrected chi connectivity index (χ2v) is 5.85. The van der Waals surface area contributed by atoms with Crippen molar-refractivity contribution in [3.8, 4) is 5.75 Å². The van der Waals surface area contributed by atoms with E-state index in [0.29, 0.717) is 6.61 Å². The first-order chi connectivity index (χ1) is 12.3. The van der Waals surface area contributed by atoms with Gasteiger partial charge in [-0.1, -0.05) is 72.8 Å². The Morgan fingerprint density at radius 2 is 1.32 bits per heavy atom. The highest BCUT2D eigenvalue weighted by Crippen LogP contribution is 2.32. The maximum atomic E-state index is 10.8. The molecule has 2 atom stereocenters. The first-order valence-corrected chi connectivity index (χ1v) is 8.30. The van der Waals surface area contributed by atoms with Crippen LogP contribution in [0.1, 0.15) is 28.9 Å². The van der Waals surface area contributed by atoms with Gasteiger partial charge in [0.15, 0.2) is 0 Å². The fraction of sp³-hybridized carbons (Fsp3) is 0.182. The lowest BCUT2D eigenvalue weighted by atomic mass is 9.98. The van der Waals surface area contributed by atoms with E-state index in [4.69, 9.17) is 9.47 Å². The zero-order valence-electron chi connectivity index (χ0n) is 14.2. The summed E-state index contributed by atoms with van der Waals surface area (Å²) in [5, 5.41) is 10.8. The van der Waals surface area contributed by atoms with Gasteiger partial charge in [-0.3, -0.25) is 0 Å². The van der Waals surface area contributed by atoms with Crippen LogP contribution in [0.5, 0.6) is 5.75 Å². The van der Waals surface area contributed by atoms with Crippen molar-refractivity contribution in [2.75, 3.05) is 7.11 Å². The quantitative estimate of drug-likeness (QED) is 0.681. The van der Waals surface area contributed by atoms with Crippen molar-refractivity contribution in [1.82, 2.24) is 0 Å². The van der Waals surface area contributed by atoms with Gasteiger partial charge in [0.25, 0.3) is 0 Å². The minimum atomic E-state index is -0.734. The molecule has 0 unspecified atom stereocenters. The second kappa shape index (κ2) is 8.47. The highest BCUT2D eigenvalue weighted by atomic mass is 16.5. The van der Waals surface area contributed by atoms with Gasteiger partial charge in [-0.25, -0.2) is 0 Å². The van der Waals surface area contributed by atoms with E-state index in [-0.39, 0.29) is 0 Å². The first-order valence-electron chi connectivity index (χ1n) is 8.30. The Balaban J connectivity index is 1.79. The van der Waals surface area contributed by atoms with Gasteiger partial charge >= 0.3 is 0 Å². The third kappa shape index (κ3) is 4.47. The van der Waals surface area contributed by atoms with Crippen LogP contribution in [0.25, 0.3) is 0 Å². The van der Waals surface area contributed by atoms with E-state index in [1.807, 2.05) is 84.9 Å². The molecule has 0 aromatic heterocycles. The van der Waals surface area contributed by atoms with Gasteiger partial charge < -0.3 is 14.6 Å². The van der Waals surface area contributed by atoms with Crippen molar-refractivity contribution in [2.24, 2.45) is 0 Å². The smallest absolute Gasteiger partial charge is 0.118 e. The summed E-state index contributed by atoms with van der Waals surface area (Å²) < 4.78 is 11.3. The molecule has 3 rings (SSSR count). The molecular weight excluding hydrogens is 312 g/mol. The fourth-order valence-electron chi connectivity index (χ4n) is 2.75. The molecule has 3 nitrogen and oxygen atoms in total. The van der Waals surface area contributed by atoms with Crippen LogP contribution in [0, 0.1) is 0 Å². The Bertz CT molecular complexity index is 754. The number of aliphatic hydroxyl groups is 1. The third-order valence-corrected chi connectivity index (χ3v) is 4.14. The number of rotatable bonds is 7. The molecule has 0 aliphatic heterocycles. The van der Waals surface area contributed by atoms with E-state index < -0.39 is 12.2 Å². The van der Waals surface area contributed by atoms with Crippen molar-refractivity contribution >= 4 is 0 Å². The number of hydrogen-bond donors (Lipinski definition) is 1. The zero-order valence-corrected chi connectivity index (χ0v) is 14.2. The molecule has 0 aliphatic rings. The molecule has 0 saturated carbocycles. The Hall–Kier alpha value is -2.62. The molecule has 0 radical (unpaired) electrons. The van der Waals surface area contributed by atoms with E-state index >= 15 is 0 Å². The van der Waals surface area contributed by atoms with Crippen LogP contribution in [0.3, 0.4) is 0 Å². The Kier molecular flexibility index (Phi) is 5.83. The zero-order chi connectivity index (χ0) is 17.5. The van der Waals surface area contributed by atoms with Crippen LogP contribution in [-0.2, 0) is 11.3 Å². The second-order valence-electron chi connectivity index (χ2n) is 5.85. The lowest BCUT2D eigenvalue weighted by Gasteiger charge is -2.24. The summed E-state index contributed by atoms with van der Waals surface area (Å²) in [6.45, 7) is 0.410. The number of aliphatic hydroxyl groups excluding tert-OH is 1. The Labute approximate surface area is 148 Å². The molecular formula is C22H22O3. The predicted octanol–water partition coefficient (Wildman–Crippen LogP) is 4.69. The average molecular weight is 334 g/mol. The van der Waals surface area contributed by atoms with E-state index in [0.717, 1.165) is 22.4 Å². The van der Waals surface area contributed by atoms with Crippen LogP contribution in [0.15, 0.2) is 84.9 Å². The molecule has 128 valence electrons. The van der Waals surface area contributed by atoms with Gasteiger partial charge in [-0.05, 0) is 28.8 Å². The number of ether oxygens (including phenoxy) is 2. The third-order valence-electron chi connectivity index (χ3n) is 4.14. The summed E-state index contributed by atoms with van der Waals surface area (Å²) in [4.78, 5) is 0. The standard InChI is InChI=1S/C22H22O3/c1-24-20-14-12-17(13-15-20)16-25-22(19-10-6-3-7-11-19)21(23)18-8-4-2-5-9-18/h2-15,21-23H,16H2,1H3/t21-,22-/m1/s1. The Morgan fingerprint density at radius 3 is 1.88 bits per heavy atom. The molecule has 0 amide bonds. The lowest BCUT2D eigenvalue weighted by Crippen LogP contribution is -2.14. The molecule has 0 fully saturated rings. The van der Waals surface area contributed by atoms with Crippen LogP contribution in [-0.4, -0.2) is 12.2 Å². The molecule has 25 heavy (non-hydrogen) atoms. The summed E-state index contributed by atoms with van der Waals surface area (Å²) in [6, 6.07) is 27.2. The molecule has 0 saturated heterocycles. The molecule has 0 aliphatic carbocycles. The number of benzene rings is 3. The number of hydrogen-bond acceptors (Lipinski definition) is 3. The largest absolute Gasteiger partial charge is 0.497 e. The molecule has 0 spiro atoms. The summed E-state index contributed by atoms with van der Waals surface area (Å²) in [5.41, 5.74) is 2.82. The van der Waals surface area contributed by atoms with Crippen LogP contribution in [0.2, 0.25) is 0 Å². The summed E-state index contributed by atoms with van der Waals surface area (Å²) in [7, 11) is 1.65. The molecule has 3 aromatic carbocycles. The topological polar surface area (TPSA) is 38.7 Å². The predicted molar refractivity (Wildman–Crippen MR) is 98.4 cm³/mol. The van der Waals surface area contributed by atoms with Gasteiger partial charge in [0, 0.05) is 0 Å². The minimum Gasteiger partial charge on any atom is -0.497 e. The monoisotopic (exact) mass is 334 g/mol. The normalized spacial score (nSPS) is 13.2. The fourth-order valence-corrected chi connectivity index (χ4v) is 2.75. The van der Waals surface area contributed by atoms with Gasteiger partial charge in [0.05, 0.1) is 13.7 Å². The maximum absolute atomic E-state index is 10.8.